The zero-order valence-electron chi connectivity index (χ0n) is 11.6. The summed E-state index contributed by atoms with van der Waals surface area (Å²) in [6.45, 7) is 2.62. The number of fused-ring (bicyclic) bond motifs is 1. The number of aliphatic carboxylic acids is 1. The smallest absolute Gasteiger partial charge is 0.326 e. The Labute approximate surface area is 118 Å². The van der Waals surface area contributed by atoms with Gasteiger partial charge in [0.1, 0.15) is 6.04 Å². The maximum absolute atomic E-state index is 12.6. The molecule has 3 unspecified atom stereocenters. The molecule has 106 valence electrons. The van der Waals surface area contributed by atoms with Crippen LogP contribution in [0.2, 0.25) is 0 Å². The van der Waals surface area contributed by atoms with Crippen LogP contribution in [0.15, 0.2) is 24.3 Å². The summed E-state index contributed by atoms with van der Waals surface area (Å²) in [5.41, 5.74) is 2.28. The van der Waals surface area contributed by atoms with Gasteiger partial charge in [-0.3, -0.25) is 4.79 Å². The number of amides is 1. The summed E-state index contributed by atoms with van der Waals surface area (Å²) < 4.78 is 0. The lowest BCUT2D eigenvalue weighted by molar-refractivity contribution is -0.154. The standard InChI is InChI=1S/C16H19NO3/c1-10-6-7-17(14(8-10)16(19)20)15(18)13-9-11-4-2-3-5-12(11)13/h2-5,10,13-14H,6-9H2,1H3,(H,19,20). The van der Waals surface area contributed by atoms with Gasteiger partial charge >= 0.3 is 5.97 Å². The number of piperidine rings is 1. The minimum absolute atomic E-state index is 0.0111. The quantitative estimate of drug-likeness (QED) is 0.897. The first-order chi connectivity index (χ1) is 9.58. The van der Waals surface area contributed by atoms with Crippen molar-refractivity contribution in [1.82, 2.24) is 4.90 Å². The first-order valence-electron chi connectivity index (χ1n) is 7.19. The molecule has 1 amide bonds. The summed E-state index contributed by atoms with van der Waals surface area (Å²) >= 11 is 0. The van der Waals surface area contributed by atoms with Gasteiger partial charge in [0.25, 0.3) is 0 Å². The minimum atomic E-state index is -0.877. The van der Waals surface area contributed by atoms with E-state index in [-0.39, 0.29) is 11.8 Å². The maximum Gasteiger partial charge on any atom is 0.326 e. The molecule has 1 aliphatic heterocycles. The highest BCUT2D eigenvalue weighted by Crippen LogP contribution is 2.37. The maximum atomic E-state index is 12.6. The zero-order valence-corrected chi connectivity index (χ0v) is 11.6. The van der Waals surface area contributed by atoms with Crippen molar-refractivity contribution < 1.29 is 14.7 Å². The number of carboxylic acids is 1. The predicted octanol–water partition coefficient (Wildman–Crippen LogP) is 2.04. The van der Waals surface area contributed by atoms with Gasteiger partial charge in [-0.2, -0.15) is 0 Å². The van der Waals surface area contributed by atoms with Gasteiger partial charge in [-0.15, -0.1) is 0 Å². The lowest BCUT2D eigenvalue weighted by atomic mass is 9.76. The van der Waals surface area contributed by atoms with Gasteiger partial charge in [0.15, 0.2) is 0 Å². The van der Waals surface area contributed by atoms with Crippen LogP contribution in [0.1, 0.15) is 36.8 Å². The van der Waals surface area contributed by atoms with Crippen molar-refractivity contribution in [3.05, 3.63) is 35.4 Å². The summed E-state index contributed by atoms with van der Waals surface area (Å²) in [6.07, 6.45) is 2.20. The Morgan fingerprint density at radius 1 is 1.30 bits per heavy atom. The number of nitrogens with zero attached hydrogens (tertiary/aromatic N) is 1. The van der Waals surface area contributed by atoms with Crippen molar-refractivity contribution in [3.63, 3.8) is 0 Å². The Hall–Kier alpha value is -1.84. The highest BCUT2D eigenvalue weighted by molar-refractivity contribution is 5.90. The Bertz CT molecular complexity index is 554. The second kappa shape index (κ2) is 4.93. The van der Waals surface area contributed by atoms with Crippen LogP contribution in [-0.4, -0.2) is 34.5 Å². The van der Waals surface area contributed by atoms with E-state index in [0.29, 0.717) is 18.9 Å². The van der Waals surface area contributed by atoms with Gasteiger partial charge in [-0.05, 0) is 36.3 Å². The molecule has 3 rings (SSSR count). The summed E-state index contributed by atoms with van der Waals surface area (Å²) in [6, 6.07) is 7.27. The summed E-state index contributed by atoms with van der Waals surface area (Å²) in [5.74, 6) is -0.657. The molecule has 4 heteroatoms. The lowest BCUT2D eigenvalue weighted by Crippen LogP contribution is -2.52. The average Bonchev–Trinajstić information content (AvgIpc) is 2.39. The number of hydrogen-bond acceptors (Lipinski definition) is 2. The lowest BCUT2D eigenvalue weighted by Gasteiger charge is -2.40. The predicted molar refractivity (Wildman–Crippen MR) is 74.4 cm³/mol. The molecular weight excluding hydrogens is 254 g/mol. The number of hydrogen-bond donors (Lipinski definition) is 1. The number of carboxylic acid groups (broad SMARTS) is 1. The Kier molecular flexibility index (Phi) is 3.24. The van der Waals surface area contributed by atoms with Crippen LogP contribution in [0.5, 0.6) is 0 Å². The zero-order chi connectivity index (χ0) is 14.3. The molecule has 1 heterocycles. The number of benzene rings is 1. The van der Waals surface area contributed by atoms with Gasteiger partial charge in [-0.1, -0.05) is 31.2 Å². The molecule has 20 heavy (non-hydrogen) atoms. The molecule has 1 saturated heterocycles. The number of carbonyl (C=O) groups excluding carboxylic acids is 1. The van der Waals surface area contributed by atoms with E-state index in [1.807, 2.05) is 24.3 Å². The molecule has 0 spiro atoms. The van der Waals surface area contributed by atoms with E-state index in [1.54, 1.807) is 4.90 Å². The molecule has 0 aromatic heterocycles. The summed E-state index contributed by atoms with van der Waals surface area (Å²) in [4.78, 5) is 25.6. The van der Waals surface area contributed by atoms with Crippen LogP contribution >= 0.6 is 0 Å². The van der Waals surface area contributed by atoms with Gasteiger partial charge in [0, 0.05) is 6.54 Å². The van der Waals surface area contributed by atoms with Gasteiger partial charge < -0.3 is 10.0 Å². The fourth-order valence-corrected chi connectivity index (χ4v) is 3.32. The Morgan fingerprint density at radius 3 is 2.75 bits per heavy atom. The SMILES string of the molecule is CC1CCN(C(=O)C2Cc3ccccc32)C(C(=O)O)C1. The molecule has 0 radical (unpaired) electrons. The molecule has 2 aliphatic rings. The van der Waals surface area contributed by atoms with E-state index in [1.165, 1.54) is 5.56 Å². The first-order valence-corrected chi connectivity index (χ1v) is 7.19. The number of carbonyl (C=O) groups is 2. The fraction of sp³-hybridized carbons (Fsp3) is 0.500. The largest absolute Gasteiger partial charge is 0.480 e. The monoisotopic (exact) mass is 273 g/mol. The molecular formula is C16H19NO3. The number of rotatable bonds is 2. The van der Waals surface area contributed by atoms with Gasteiger partial charge in [0.05, 0.1) is 5.92 Å². The third kappa shape index (κ3) is 2.09. The van der Waals surface area contributed by atoms with Gasteiger partial charge in [-0.25, -0.2) is 4.79 Å². The molecule has 0 bridgehead atoms. The third-order valence-corrected chi connectivity index (χ3v) is 4.59. The topological polar surface area (TPSA) is 57.6 Å². The van der Waals surface area contributed by atoms with Crippen molar-refractivity contribution in [1.29, 1.82) is 0 Å². The summed E-state index contributed by atoms with van der Waals surface area (Å²) in [7, 11) is 0. The molecule has 1 N–H and O–H groups in total. The Balaban J connectivity index is 1.79. The third-order valence-electron chi connectivity index (χ3n) is 4.59. The Morgan fingerprint density at radius 2 is 2.05 bits per heavy atom. The average molecular weight is 273 g/mol. The van der Waals surface area contributed by atoms with Crippen molar-refractivity contribution in [2.75, 3.05) is 6.54 Å². The van der Waals surface area contributed by atoms with Crippen molar-refractivity contribution in [2.24, 2.45) is 5.92 Å². The van der Waals surface area contributed by atoms with Crippen LogP contribution in [0.25, 0.3) is 0 Å². The normalized spacial score (nSPS) is 28.4. The van der Waals surface area contributed by atoms with Crippen molar-refractivity contribution in [2.45, 2.75) is 38.1 Å². The van der Waals surface area contributed by atoms with E-state index in [4.69, 9.17) is 0 Å². The molecule has 0 saturated carbocycles. The molecule has 1 fully saturated rings. The minimum Gasteiger partial charge on any atom is -0.480 e. The highest BCUT2D eigenvalue weighted by atomic mass is 16.4. The van der Waals surface area contributed by atoms with Crippen molar-refractivity contribution in [3.8, 4) is 0 Å². The van der Waals surface area contributed by atoms with E-state index in [2.05, 4.69) is 6.92 Å². The van der Waals surface area contributed by atoms with Crippen LogP contribution in [0, 0.1) is 5.92 Å². The first kappa shape index (κ1) is 13.2. The van der Waals surface area contributed by atoms with Crippen LogP contribution in [0.3, 0.4) is 0 Å². The van der Waals surface area contributed by atoms with E-state index in [9.17, 15) is 14.7 Å². The second-order valence-corrected chi connectivity index (χ2v) is 5.97. The highest BCUT2D eigenvalue weighted by Gasteiger charge is 2.41. The number of likely N-dealkylation sites (tertiary alicyclic amines) is 1. The van der Waals surface area contributed by atoms with E-state index >= 15 is 0 Å². The fourth-order valence-electron chi connectivity index (χ4n) is 3.32. The molecule has 1 aliphatic carbocycles. The molecule has 1 aromatic rings. The molecule has 3 atom stereocenters. The van der Waals surface area contributed by atoms with E-state index < -0.39 is 12.0 Å². The molecule has 4 nitrogen and oxygen atoms in total. The molecule has 1 aromatic carbocycles. The van der Waals surface area contributed by atoms with Gasteiger partial charge in [0.2, 0.25) is 5.91 Å². The summed E-state index contributed by atoms with van der Waals surface area (Å²) in [5, 5.41) is 9.35. The van der Waals surface area contributed by atoms with Crippen LogP contribution in [0.4, 0.5) is 0 Å². The van der Waals surface area contributed by atoms with E-state index in [0.717, 1.165) is 18.4 Å². The van der Waals surface area contributed by atoms with Crippen LogP contribution < -0.4 is 0 Å². The van der Waals surface area contributed by atoms with Crippen LogP contribution in [-0.2, 0) is 16.0 Å². The van der Waals surface area contributed by atoms with Crippen molar-refractivity contribution >= 4 is 11.9 Å². The second-order valence-electron chi connectivity index (χ2n) is 5.97.